The summed E-state index contributed by atoms with van der Waals surface area (Å²) in [7, 11) is 0. The van der Waals surface area contributed by atoms with Gasteiger partial charge in [0.25, 0.3) is 0 Å². The Balaban J connectivity index is 2.12. The second kappa shape index (κ2) is 6.64. The summed E-state index contributed by atoms with van der Waals surface area (Å²) in [5, 5.41) is 5.04. The number of benzene rings is 1. The monoisotopic (exact) mass is 312 g/mol. The van der Waals surface area contributed by atoms with Crippen molar-refractivity contribution in [1.29, 1.82) is 0 Å². The van der Waals surface area contributed by atoms with E-state index < -0.39 is 17.7 Å². The zero-order valence-electron chi connectivity index (χ0n) is 11.6. The maximum absolute atomic E-state index is 13.1. The molecule has 0 saturated carbocycles. The molecular formula is C15H15F3N2O2. The number of alkyl halides is 3. The lowest BCUT2D eigenvalue weighted by atomic mass is 10.0. The van der Waals surface area contributed by atoms with Gasteiger partial charge in [0.2, 0.25) is 11.8 Å². The van der Waals surface area contributed by atoms with E-state index in [1.54, 1.807) is 6.07 Å². The second-order valence-corrected chi connectivity index (χ2v) is 4.97. The summed E-state index contributed by atoms with van der Waals surface area (Å²) in [6, 6.07) is 6.79. The summed E-state index contributed by atoms with van der Waals surface area (Å²) in [5.41, 5.74) is -1.06. The van der Waals surface area contributed by atoms with Crippen molar-refractivity contribution in [1.82, 2.24) is 10.6 Å². The standard InChI is InChI=1S/C15H15F3N2O2/c16-15(17,18)12(10-4-2-1-3-5-10)8-14(22)20-11-6-7-13(21)19-9-11/h1-5,8,11H,6-7,9H2,(H,19,21)(H,20,22)/b12-8-/t11-/m1/s1. The molecule has 2 N–H and O–H groups in total. The van der Waals surface area contributed by atoms with Crippen LogP contribution in [0.4, 0.5) is 13.2 Å². The largest absolute Gasteiger partial charge is 0.417 e. The van der Waals surface area contributed by atoms with Crippen LogP contribution in [0, 0.1) is 0 Å². The Morgan fingerprint density at radius 3 is 2.50 bits per heavy atom. The maximum atomic E-state index is 13.1. The molecule has 1 saturated heterocycles. The Hall–Kier alpha value is -2.31. The molecular weight excluding hydrogens is 297 g/mol. The summed E-state index contributed by atoms with van der Waals surface area (Å²) >= 11 is 0. The van der Waals surface area contributed by atoms with E-state index in [1.165, 1.54) is 24.3 Å². The Morgan fingerprint density at radius 2 is 1.95 bits per heavy atom. The van der Waals surface area contributed by atoms with Crippen molar-refractivity contribution >= 4 is 17.4 Å². The highest BCUT2D eigenvalue weighted by Crippen LogP contribution is 2.33. The van der Waals surface area contributed by atoms with Crippen molar-refractivity contribution in [2.24, 2.45) is 0 Å². The smallest absolute Gasteiger partial charge is 0.354 e. The molecule has 2 amide bonds. The number of carbonyl (C=O) groups is 2. The number of halogens is 3. The SMILES string of the molecule is O=C(/C=C(/c1ccccc1)C(F)(F)F)N[C@@H]1CCC(=O)NC1. The summed E-state index contributed by atoms with van der Waals surface area (Å²) < 4.78 is 39.3. The molecule has 1 aliphatic heterocycles. The molecule has 0 radical (unpaired) electrons. The first-order valence-electron chi connectivity index (χ1n) is 6.78. The summed E-state index contributed by atoms with van der Waals surface area (Å²) in [4.78, 5) is 22.8. The number of piperidine rings is 1. The van der Waals surface area contributed by atoms with Gasteiger partial charge in [-0.15, -0.1) is 0 Å². The molecule has 1 aromatic rings. The lowest BCUT2D eigenvalue weighted by molar-refractivity contribution is -0.124. The molecule has 0 unspecified atom stereocenters. The van der Waals surface area contributed by atoms with Gasteiger partial charge in [0.15, 0.2) is 0 Å². The zero-order chi connectivity index (χ0) is 16.2. The topological polar surface area (TPSA) is 58.2 Å². The van der Waals surface area contributed by atoms with Gasteiger partial charge in [0.1, 0.15) is 0 Å². The number of nitrogens with one attached hydrogen (secondary N) is 2. The lowest BCUT2D eigenvalue weighted by Crippen LogP contribution is -2.47. The van der Waals surface area contributed by atoms with Crippen LogP contribution in [0.1, 0.15) is 18.4 Å². The van der Waals surface area contributed by atoms with E-state index in [1.807, 2.05) is 0 Å². The highest BCUT2D eigenvalue weighted by Gasteiger charge is 2.35. The molecule has 4 nitrogen and oxygen atoms in total. The second-order valence-electron chi connectivity index (χ2n) is 4.97. The van der Waals surface area contributed by atoms with Crippen LogP contribution >= 0.6 is 0 Å². The first-order chi connectivity index (χ1) is 10.4. The third-order valence-corrected chi connectivity index (χ3v) is 3.28. The molecule has 7 heteroatoms. The molecule has 1 heterocycles. The highest BCUT2D eigenvalue weighted by atomic mass is 19.4. The van der Waals surface area contributed by atoms with Gasteiger partial charge in [-0.2, -0.15) is 13.2 Å². The molecule has 0 bridgehead atoms. The number of hydrogen-bond donors (Lipinski definition) is 2. The van der Waals surface area contributed by atoms with Gasteiger partial charge in [-0.3, -0.25) is 9.59 Å². The van der Waals surface area contributed by atoms with E-state index >= 15 is 0 Å². The van der Waals surface area contributed by atoms with Crippen molar-refractivity contribution < 1.29 is 22.8 Å². The fourth-order valence-corrected chi connectivity index (χ4v) is 2.18. The first kappa shape index (κ1) is 16.1. The molecule has 1 aliphatic rings. The van der Waals surface area contributed by atoms with Gasteiger partial charge < -0.3 is 10.6 Å². The average molecular weight is 312 g/mol. The molecule has 2 rings (SSSR count). The molecule has 1 atom stereocenters. The highest BCUT2D eigenvalue weighted by molar-refractivity contribution is 5.96. The van der Waals surface area contributed by atoms with Crippen LogP contribution in [0.15, 0.2) is 36.4 Å². The van der Waals surface area contributed by atoms with Crippen molar-refractivity contribution in [3.05, 3.63) is 42.0 Å². The number of allylic oxidation sites excluding steroid dienone is 1. The Kier molecular flexibility index (Phi) is 4.85. The number of carbonyl (C=O) groups excluding carboxylic acids is 2. The Morgan fingerprint density at radius 1 is 1.27 bits per heavy atom. The normalized spacial score (nSPS) is 19.5. The minimum atomic E-state index is -4.63. The maximum Gasteiger partial charge on any atom is 0.417 e. The predicted octanol–water partition coefficient (Wildman–Crippen LogP) is 2.03. The molecule has 0 aromatic heterocycles. The van der Waals surface area contributed by atoms with Gasteiger partial charge in [-0.1, -0.05) is 30.3 Å². The van der Waals surface area contributed by atoms with Gasteiger partial charge in [-0.25, -0.2) is 0 Å². The van der Waals surface area contributed by atoms with Crippen LogP contribution in [0.25, 0.3) is 5.57 Å². The lowest BCUT2D eigenvalue weighted by Gasteiger charge is -2.23. The molecule has 0 aliphatic carbocycles. The third-order valence-electron chi connectivity index (χ3n) is 3.28. The molecule has 1 fully saturated rings. The molecule has 22 heavy (non-hydrogen) atoms. The van der Waals surface area contributed by atoms with Crippen molar-refractivity contribution in [2.75, 3.05) is 6.54 Å². The summed E-state index contributed by atoms with van der Waals surface area (Å²) in [6.07, 6.45) is -3.40. The van der Waals surface area contributed by atoms with Gasteiger partial charge >= 0.3 is 6.18 Å². The number of hydrogen-bond acceptors (Lipinski definition) is 2. The Bertz CT molecular complexity index is 572. The van der Waals surface area contributed by atoms with E-state index in [0.717, 1.165) is 0 Å². The zero-order valence-corrected chi connectivity index (χ0v) is 11.6. The van der Waals surface area contributed by atoms with Crippen molar-refractivity contribution in [3.8, 4) is 0 Å². The van der Waals surface area contributed by atoms with Crippen LogP contribution < -0.4 is 10.6 Å². The van der Waals surface area contributed by atoms with Crippen LogP contribution in [-0.2, 0) is 9.59 Å². The van der Waals surface area contributed by atoms with Crippen LogP contribution in [0.3, 0.4) is 0 Å². The van der Waals surface area contributed by atoms with E-state index in [0.29, 0.717) is 12.5 Å². The molecule has 0 spiro atoms. The van der Waals surface area contributed by atoms with Crippen molar-refractivity contribution in [2.45, 2.75) is 25.1 Å². The van der Waals surface area contributed by atoms with E-state index in [-0.39, 0.29) is 30.5 Å². The summed E-state index contributed by atoms with van der Waals surface area (Å²) in [5.74, 6) is -0.946. The fraction of sp³-hybridized carbons (Fsp3) is 0.333. The number of amides is 2. The van der Waals surface area contributed by atoms with E-state index in [4.69, 9.17) is 0 Å². The predicted molar refractivity (Wildman–Crippen MR) is 74.6 cm³/mol. The minimum Gasteiger partial charge on any atom is -0.354 e. The van der Waals surface area contributed by atoms with E-state index in [2.05, 4.69) is 10.6 Å². The Labute approximate surface area is 125 Å². The van der Waals surface area contributed by atoms with Gasteiger partial charge in [0.05, 0.1) is 5.57 Å². The van der Waals surface area contributed by atoms with Gasteiger partial charge in [0, 0.05) is 25.1 Å². The average Bonchev–Trinajstić information content (AvgIpc) is 2.47. The van der Waals surface area contributed by atoms with Crippen molar-refractivity contribution in [3.63, 3.8) is 0 Å². The van der Waals surface area contributed by atoms with Crippen LogP contribution in [0.5, 0.6) is 0 Å². The minimum absolute atomic E-state index is 0.0675. The molecule has 118 valence electrons. The number of rotatable bonds is 3. The van der Waals surface area contributed by atoms with Crippen LogP contribution in [-0.4, -0.2) is 30.6 Å². The fourth-order valence-electron chi connectivity index (χ4n) is 2.18. The quantitative estimate of drug-likeness (QED) is 0.839. The summed E-state index contributed by atoms with van der Waals surface area (Å²) in [6.45, 7) is 0.227. The first-order valence-corrected chi connectivity index (χ1v) is 6.78. The van der Waals surface area contributed by atoms with Gasteiger partial charge in [-0.05, 0) is 12.0 Å². The van der Waals surface area contributed by atoms with E-state index in [9.17, 15) is 22.8 Å². The van der Waals surface area contributed by atoms with Crippen LogP contribution in [0.2, 0.25) is 0 Å². The molecule has 1 aromatic carbocycles. The third kappa shape index (κ3) is 4.34.